The maximum atomic E-state index is 12.7. The van der Waals surface area contributed by atoms with E-state index in [9.17, 15) is 19.5 Å². The molecule has 0 bridgehead atoms. The molecule has 8 heteroatoms. The summed E-state index contributed by atoms with van der Waals surface area (Å²) in [5.74, 6) is -1.75. The minimum absolute atomic E-state index is 0.0370. The van der Waals surface area contributed by atoms with Crippen LogP contribution in [0, 0.1) is 0 Å². The molecule has 0 aliphatic rings. The van der Waals surface area contributed by atoms with Crippen molar-refractivity contribution in [2.75, 3.05) is 41.0 Å². The van der Waals surface area contributed by atoms with Crippen LogP contribution in [0.1, 0.15) is 181 Å². The first-order valence-corrected chi connectivity index (χ1v) is 22.2. The molecule has 0 aromatic carbocycles. The molecule has 0 aliphatic carbocycles. The van der Waals surface area contributed by atoms with Gasteiger partial charge in [0.05, 0.1) is 40.3 Å². The van der Waals surface area contributed by atoms with E-state index in [0.29, 0.717) is 12.8 Å². The number of ether oxygens (including phenoxy) is 3. The molecule has 0 amide bonds. The highest BCUT2D eigenvalue weighted by atomic mass is 16.6. The molecule has 0 aliphatic heterocycles. The van der Waals surface area contributed by atoms with Gasteiger partial charge < -0.3 is 28.6 Å². The van der Waals surface area contributed by atoms with Gasteiger partial charge in [-0.2, -0.15) is 0 Å². The van der Waals surface area contributed by atoms with Crippen LogP contribution in [-0.4, -0.2) is 75.5 Å². The zero-order chi connectivity index (χ0) is 40.7. The van der Waals surface area contributed by atoms with Crippen LogP contribution >= 0.6 is 0 Å². The number of carbonyl (C=O) groups excluding carboxylic acids is 3. The molecule has 0 rings (SSSR count). The number of esters is 2. The summed E-state index contributed by atoms with van der Waals surface area (Å²) in [6, 6.07) is -0.727. The molecular weight excluding hydrogens is 691 g/mol. The number of hydrogen-bond acceptors (Lipinski definition) is 7. The summed E-state index contributed by atoms with van der Waals surface area (Å²) >= 11 is 0. The summed E-state index contributed by atoms with van der Waals surface area (Å²) < 4.78 is 17.1. The van der Waals surface area contributed by atoms with Crippen LogP contribution in [0.5, 0.6) is 0 Å². The number of rotatable bonds is 39. The van der Waals surface area contributed by atoms with Gasteiger partial charge in [0.25, 0.3) is 0 Å². The zero-order valence-corrected chi connectivity index (χ0v) is 36.1. The van der Waals surface area contributed by atoms with Crippen LogP contribution in [0.2, 0.25) is 0 Å². The molecular formula is C47H83NO7. The third-order valence-corrected chi connectivity index (χ3v) is 9.73. The molecule has 0 spiro atoms. The van der Waals surface area contributed by atoms with Crippen LogP contribution in [0.4, 0.5) is 0 Å². The van der Waals surface area contributed by atoms with Crippen molar-refractivity contribution in [3.8, 4) is 0 Å². The molecule has 8 nitrogen and oxygen atoms in total. The van der Waals surface area contributed by atoms with Crippen LogP contribution in [0.15, 0.2) is 48.6 Å². The van der Waals surface area contributed by atoms with E-state index in [0.717, 1.165) is 77.0 Å². The second-order valence-electron chi connectivity index (χ2n) is 15.9. The summed E-state index contributed by atoms with van der Waals surface area (Å²) in [6.45, 7) is 4.53. The Balaban J connectivity index is 4.33. The molecule has 0 saturated carbocycles. The zero-order valence-electron chi connectivity index (χ0n) is 36.1. The lowest BCUT2D eigenvalue weighted by molar-refractivity contribution is -0.889. The normalized spacial score (nSPS) is 13.4. The Morgan fingerprint density at radius 2 is 1.02 bits per heavy atom. The quantitative estimate of drug-likeness (QED) is 0.0265. The Morgan fingerprint density at radius 3 is 1.51 bits per heavy atom. The van der Waals surface area contributed by atoms with Gasteiger partial charge in [0.15, 0.2) is 6.10 Å². The summed E-state index contributed by atoms with van der Waals surface area (Å²) in [6.07, 6.45) is 44.2. The molecule has 0 fully saturated rings. The first-order valence-electron chi connectivity index (χ1n) is 22.2. The van der Waals surface area contributed by atoms with E-state index in [1.807, 2.05) is 0 Å². The van der Waals surface area contributed by atoms with E-state index in [1.165, 1.54) is 70.6 Å². The highest BCUT2D eigenvalue weighted by Crippen LogP contribution is 2.14. The smallest absolute Gasteiger partial charge is 0.306 e. The predicted molar refractivity (Wildman–Crippen MR) is 226 cm³/mol. The van der Waals surface area contributed by atoms with Gasteiger partial charge in [-0.1, -0.05) is 159 Å². The van der Waals surface area contributed by atoms with Gasteiger partial charge in [-0.05, 0) is 51.4 Å². The van der Waals surface area contributed by atoms with Crippen LogP contribution in [-0.2, 0) is 28.6 Å². The molecule has 0 aromatic rings. The SMILES string of the molecule is CC/C=C/C/C=C/C/C=C/C/C=C/CCCCCCCCCC(=O)OC(COCCC(C(=O)[O-])[N+](C)(C)C)COC(=O)CCCCCCCCCCCCC. The molecule has 318 valence electrons. The number of nitrogens with zero attached hydrogens (tertiary/aromatic N) is 1. The summed E-state index contributed by atoms with van der Waals surface area (Å²) in [7, 11) is 5.40. The Labute approximate surface area is 337 Å². The lowest BCUT2D eigenvalue weighted by Gasteiger charge is -2.34. The number of carbonyl (C=O) groups is 3. The second-order valence-corrected chi connectivity index (χ2v) is 15.9. The fourth-order valence-corrected chi connectivity index (χ4v) is 6.30. The lowest BCUT2D eigenvalue weighted by Crippen LogP contribution is -2.55. The average Bonchev–Trinajstić information content (AvgIpc) is 3.14. The van der Waals surface area contributed by atoms with Gasteiger partial charge in [-0.25, -0.2) is 0 Å². The van der Waals surface area contributed by atoms with Crippen LogP contribution in [0.3, 0.4) is 0 Å². The van der Waals surface area contributed by atoms with Crippen molar-refractivity contribution >= 4 is 17.9 Å². The number of likely N-dealkylation sites (N-methyl/N-ethyl adjacent to an activating group) is 1. The van der Waals surface area contributed by atoms with Crippen molar-refractivity contribution in [2.24, 2.45) is 0 Å². The van der Waals surface area contributed by atoms with E-state index in [2.05, 4.69) is 62.5 Å². The van der Waals surface area contributed by atoms with Crippen molar-refractivity contribution in [1.82, 2.24) is 0 Å². The van der Waals surface area contributed by atoms with Crippen molar-refractivity contribution in [3.05, 3.63) is 48.6 Å². The molecule has 0 radical (unpaired) electrons. The Kier molecular flexibility index (Phi) is 36.3. The van der Waals surface area contributed by atoms with Crippen molar-refractivity contribution < 1.29 is 38.2 Å². The fourth-order valence-electron chi connectivity index (χ4n) is 6.30. The minimum Gasteiger partial charge on any atom is -0.544 e. The van der Waals surface area contributed by atoms with Gasteiger partial charge in [-0.3, -0.25) is 9.59 Å². The largest absolute Gasteiger partial charge is 0.544 e. The number of allylic oxidation sites excluding steroid dienone is 8. The number of carboxylic acid groups (broad SMARTS) is 1. The number of quaternary nitrogens is 1. The van der Waals surface area contributed by atoms with Crippen molar-refractivity contribution in [3.63, 3.8) is 0 Å². The molecule has 0 heterocycles. The maximum Gasteiger partial charge on any atom is 0.306 e. The molecule has 2 atom stereocenters. The number of aliphatic carboxylic acids is 1. The molecule has 0 aromatic heterocycles. The highest BCUT2D eigenvalue weighted by molar-refractivity contribution is 5.70. The van der Waals surface area contributed by atoms with E-state index >= 15 is 0 Å². The third kappa shape index (κ3) is 36.7. The first-order chi connectivity index (χ1) is 26.6. The summed E-state index contributed by atoms with van der Waals surface area (Å²) in [5.41, 5.74) is 0. The first kappa shape index (κ1) is 52.3. The monoisotopic (exact) mass is 774 g/mol. The fraction of sp³-hybridized carbons (Fsp3) is 0.766. The molecule has 55 heavy (non-hydrogen) atoms. The van der Waals surface area contributed by atoms with E-state index < -0.39 is 18.1 Å². The van der Waals surface area contributed by atoms with Crippen molar-refractivity contribution in [2.45, 2.75) is 193 Å². The van der Waals surface area contributed by atoms with Gasteiger partial charge >= 0.3 is 11.9 Å². The number of unbranched alkanes of at least 4 members (excludes halogenated alkanes) is 17. The van der Waals surface area contributed by atoms with E-state index in [4.69, 9.17) is 14.2 Å². The van der Waals surface area contributed by atoms with Gasteiger partial charge in [-0.15, -0.1) is 0 Å². The molecule has 2 unspecified atom stereocenters. The number of carboxylic acids is 1. The van der Waals surface area contributed by atoms with E-state index in [-0.39, 0.29) is 42.7 Å². The highest BCUT2D eigenvalue weighted by Gasteiger charge is 2.25. The Morgan fingerprint density at radius 1 is 0.564 bits per heavy atom. The second kappa shape index (κ2) is 38.2. The van der Waals surface area contributed by atoms with Gasteiger partial charge in [0.2, 0.25) is 0 Å². The topological polar surface area (TPSA) is 102 Å². The van der Waals surface area contributed by atoms with E-state index in [1.54, 1.807) is 21.1 Å². The Hall–Kier alpha value is -2.71. The third-order valence-electron chi connectivity index (χ3n) is 9.73. The summed E-state index contributed by atoms with van der Waals surface area (Å²) in [5, 5.41) is 11.6. The van der Waals surface area contributed by atoms with Crippen LogP contribution in [0.25, 0.3) is 0 Å². The maximum absolute atomic E-state index is 12.7. The predicted octanol–water partition coefficient (Wildman–Crippen LogP) is 10.7. The Bertz CT molecular complexity index is 1040. The average molecular weight is 774 g/mol. The van der Waals surface area contributed by atoms with Gasteiger partial charge in [0, 0.05) is 19.3 Å². The molecule has 0 saturated heterocycles. The minimum atomic E-state index is -1.13. The van der Waals surface area contributed by atoms with Crippen molar-refractivity contribution in [1.29, 1.82) is 0 Å². The summed E-state index contributed by atoms with van der Waals surface area (Å²) in [4.78, 5) is 36.8. The molecule has 0 N–H and O–H groups in total. The van der Waals surface area contributed by atoms with Crippen LogP contribution < -0.4 is 5.11 Å². The van der Waals surface area contributed by atoms with Gasteiger partial charge in [0.1, 0.15) is 12.6 Å². The lowest BCUT2D eigenvalue weighted by atomic mass is 10.1. The standard InChI is InChI=1S/C47H83NO7/c1-6-8-10-12-14-16-18-19-20-21-22-23-24-25-26-28-30-32-34-36-38-46(50)55-43(41-53-40-39-44(47(51)52)48(3,4)5)42-54-45(49)37-35-33-31-29-27-17-15-13-11-9-7-2/h8,10,14,16,19-20,22-23,43-44H,6-7,9,11-13,15,17-18,21,24-42H2,1-5H3/b10-8+,16-14+,20-19+,23-22+. The number of hydrogen-bond donors (Lipinski definition) is 0.